The Balaban J connectivity index is 2.26. The molecule has 1 N–H and O–H groups in total. The molecule has 0 atom stereocenters. The molecular weight excluding hydrogens is 505 g/mol. The van der Waals surface area contributed by atoms with E-state index in [2.05, 4.69) is 4.98 Å². The summed E-state index contributed by atoms with van der Waals surface area (Å²) in [5, 5.41) is 0.481. The zero-order chi connectivity index (χ0) is 25.5. The van der Waals surface area contributed by atoms with Crippen LogP contribution in [0.15, 0.2) is 53.3 Å². The van der Waals surface area contributed by atoms with Crippen molar-refractivity contribution in [3.63, 3.8) is 0 Å². The molecule has 4 nitrogen and oxygen atoms in total. The van der Waals surface area contributed by atoms with Crippen LogP contribution in [0.3, 0.4) is 0 Å². The van der Waals surface area contributed by atoms with E-state index in [9.17, 15) is 44.3 Å². The van der Waals surface area contributed by atoms with Gasteiger partial charge in [0.05, 0.1) is 23.4 Å². The lowest BCUT2D eigenvalue weighted by Crippen LogP contribution is -2.29. The van der Waals surface area contributed by atoms with Crippen molar-refractivity contribution >= 4 is 23.2 Å². The van der Waals surface area contributed by atoms with E-state index in [-0.39, 0.29) is 18.2 Å². The first-order valence-electron chi connectivity index (χ1n) is 9.06. The molecule has 34 heavy (non-hydrogen) atoms. The second-order valence-corrected chi connectivity index (χ2v) is 7.23. The SMILES string of the molecule is O=c1c(Cl)c(C(F)(F)F)nc(Nc2cc(C(F)(F)F)ccc2C(F)(F)F)n1Cc1ccccc1. The van der Waals surface area contributed by atoms with Gasteiger partial charge in [0.1, 0.15) is 5.02 Å². The Morgan fingerprint density at radius 1 is 0.853 bits per heavy atom. The molecule has 1 heterocycles. The Morgan fingerprint density at radius 3 is 2.00 bits per heavy atom. The predicted molar refractivity (Wildman–Crippen MR) is 104 cm³/mol. The van der Waals surface area contributed by atoms with Gasteiger partial charge < -0.3 is 5.32 Å². The maximum absolute atomic E-state index is 13.4. The summed E-state index contributed by atoms with van der Waals surface area (Å²) < 4.78 is 120. The molecule has 0 amide bonds. The van der Waals surface area contributed by atoms with Crippen LogP contribution >= 0.6 is 11.6 Å². The molecular formula is C20H11ClF9N3O. The number of anilines is 2. The number of nitrogens with zero attached hydrogens (tertiary/aromatic N) is 2. The van der Waals surface area contributed by atoms with E-state index in [0.717, 1.165) is 0 Å². The minimum absolute atomic E-state index is 0.0592. The zero-order valence-electron chi connectivity index (χ0n) is 16.4. The number of alkyl halides is 9. The van der Waals surface area contributed by atoms with Gasteiger partial charge in [0.15, 0.2) is 5.69 Å². The lowest BCUT2D eigenvalue weighted by Gasteiger charge is -2.20. The summed E-state index contributed by atoms with van der Waals surface area (Å²) >= 11 is 5.54. The van der Waals surface area contributed by atoms with E-state index in [4.69, 9.17) is 11.6 Å². The van der Waals surface area contributed by atoms with Crippen molar-refractivity contribution in [1.82, 2.24) is 9.55 Å². The summed E-state index contributed by atoms with van der Waals surface area (Å²) in [6, 6.07) is 7.86. The molecule has 14 heteroatoms. The monoisotopic (exact) mass is 515 g/mol. The third kappa shape index (κ3) is 5.46. The highest BCUT2D eigenvalue weighted by Gasteiger charge is 2.40. The van der Waals surface area contributed by atoms with E-state index in [1.807, 2.05) is 5.32 Å². The molecule has 2 aromatic carbocycles. The summed E-state index contributed by atoms with van der Waals surface area (Å²) in [7, 11) is 0. The fourth-order valence-corrected chi connectivity index (χ4v) is 3.17. The molecule has 0 spiro atoms. The predicted octanol–water partition coefficient (Wildman–Crippen LogP) is 6.75. The maximum atomic E-state index is 13.4. The topological polar surface area (TPSA) is 46.9 Å². The number of aromatic nitrogens is 2. The van der Waals surface area contributed by atoms with Crippen LogP contribution in [0.25, 0.3) is 0 Å². The minimum Gasteiger partial charge on any atom is -0.325 e. The first-order chi connectivity index (χ1) is 15.6. The normalized spacial score (nSPS) is 12.6. The number of nitrogens with one attached hydrogen (secondary N) is 1. The third-order valence-electron chi connectivity index (χ3n) is 4.46. The van der Waals surface area contributed by atoms with Gasteiger partial charge in [-0.2, -0.15) is 39.5 Å². The van der Waals surface area contributed by atoms with Crippen molar-refractivity contribution in [2.24, 2.45) is 0 Å². The molecule has 182 valence electrons. The first kappa shape index (κ1) is 25.4. The van der Waals surface area contributed by atoms with Gasteiger partial charge in [0.25, 0.3) is 5.56 Å². The second kappa shape index (κ2) is 8.85. The van der Waals surface area contributed by atoms with E-state index < -0.39 is 64.1 Å². The third-order valence-corrected chi connectivity index (χ3v) is 4.81. The van der Waals surface area contributed by atoms with Gasteiger partial charge in [0.2, 0.25) is 5.95 Å². The van der Waals surface area contributed by atoms with Crippen LogP contribution in [0.4, 0.5) is 51.1 Å². The summed E-state index contributed by atoms with van der Waals surface area (Å²) in [4.78, 5) is 15.8. The summed E-state index contributed by atoms with van der Waals surface area (Å²) in [5.74, 6) is -1.09. The highest BCUT2D eigenvalue weighted by Crippen LogP contribution is 2.40. The maximum Gasteiger partial charge on any atom is 0.435 e. The Hall–Kier alpha value is -3.22. The van der Waals surface area contributed by atoms with Crippen molar-refractivity contribution in [2.45, 2.75) is 25.1 Å². The largest absolute Gasteiger partial charge is 0.435 e. The summed E-state index contributed by atoms with van der Waals surface area (Å²) in [5.41, 5.74) is -7.44. The van der Waals surface area contributed by atoms with E-state index >= 15 is 0 Å². The van der Waals surface area contributed by atoms with Gasteiger partial charge in [-0.05, 0) is 23.8 Å². The molecule has 0 saturated heterocycles. The minimum atomic E-state index is -5.28. The Kier molecular flexibility index (Phi) is 6.62. The Morgan fingerprint density at radius 2 is 1.47 bits per heavy atom. The Bertz CT molecular complexity index is 1250. The van der Waals surface area contributed by atoms with Crippen LogP contribution < -0.4 is 10.9 Å². The van der Waals surface area contributed by atoms with Gasteiger partial charge in [-0.3, -0.25) is 9.36 Å². The molecule has 3 aromatic rings. The number of benzene rings is 2. The molecule has 0 aliphatic rings. The van der Waals surface area contributed by atoms with Crippen LogP contribution in [-0.4, -0.2) is 9.55 Å². The quantitative estimate of drug-likeness (QED) is 0.391. The summed E-state index contributed by atoms with van der Waals surface area (Å²) in [6.45, 7) is -0.493. The lowest BCUT2D eigenvalue weighted by molar-refractivity contribution is -0.141. The van der Waals surface area contributed by atoms with Gasteiger partial charge in [-0.1, -0.05) is 41.9 Å². The second-order valence-electron chi connectivity index (χ2n) is 6.85. The average Bonchev–Trinajstić information content (AvgIpc) is 2.71. The lowest BCUT2D eigenvalue weighted by atomic mass is 10.1. The molecule has 0 bridgehead atoms. The fraction of sp³-hybridized carbons (Fsp3) is 0.200. The molecule has 0 saturated carbocycles. The zero-order valence-corrected chi connectivity index (χ0v) is 17.2. The van der Waals surface area contributed by atoms with Crippen molar-refractivity contribution in [1.29, 1.82) is 0 Å². The van der Waals surface area contributed by atoms with E-state index in [0.29, 0.717) is 10.1 Å². The average molecular weight is 516 g/mol. The standard InChI is InChI=1S/C20H11ClF9N3O/c21-14-15(20(28,29)30)32-17(33(16(14)34)9-10-4-2-1-3-5-10)31-13-8-11(18(22,23)24)6-7-12(13)19(25,26)27/h1-8H,9H2,(H,31,32). The number of hydrogen-bond acceptors (Lipinski definition) is 3. The van der Waals surface area contributed by atoms with Gasteiger partial charge in [-0.15, -0.1) is 0 Å². The number of hydrogen-bond donors (Lipinski definition) is 1. The molecule has 0 aliphatic carbocycles. The first-order valence-corrected chi connectivity index (χ1v) is 9.43. The van der Waals surface area contributed by atoms with Crippen molar-refractivity contribution in [2.75, 3.05) is 5.32 Å². The van der Waals surface area contributed by atoms with Crippen LogP contribution in [0.5, 0.6) is 0 Å². The Labute approximate surface area is 189 Å². The van der Waals surface area contributed by atoms with Crippen LogP contribution in [0, 0.1) is 0 Å². The van der Waals surface area contributed by atoms with Gasteiger partial charge >= 0.3 is 18.5 Å². The molecule has 3 rings (SSSR count). The van der Waals surface area contributed by atoms with E-state index in [1.54, 1.807) is 6.07 Å². The van der Waals surface area contributed by atoms with E-state index in [1.165, 1.54) is 24.3 Å². The van der Waals surface area contributed by atoms with Crippen LogP contribution in [0.2, 0.25) is 5.02 Å². The molecule has 0 fully saturated rings. The van der Waals surface area contributed by atoms with Gasteiger partial charge in [-0.25, -0.2) is 4.98 Å². The highest BCUT2D eigenvalue weighted by atomic mass is 35.5. The van der Waals surface area contributed by atoms with Crippen molar-refractivity contribution in [3.05, 3.63) is 86.3 Å². The number of rotatable bonds is 4. The van der Waals surface area contributed by atoms with Crippen molar-refractivity contribution in [3.8, 4) is 0 Å². The highest BCUT2D eigenvalue weighted by molar-refractivity contribution is 6.31. The van der Waals surface area contributed by atoms with Crippen molar-refractivity contribution < 1.29 is 39.5 Å². The fourth-order valence-electron chi connectivity index (χ4n) is 2.92. The number of halogens is 10. The molecule has 0 radical (unpaired) electrons. The van der Waals surface area contributed by atoms with Crippen LogP contribution in [-0.2, 0) is 25.1 Å². The van der Waals surface area contributed by atoms with Crippen LogP contribution in [0.1, 0.15) is 22.4 Å². The summed E-state index contributed by atoms with van der Waals surface area (Å²) in [6.07, 6.45) is -15.5. The molecule has 1 aromatic heterocycles. The smallest absolute Gasteiger partial charge is 0.325 e. The van der Waals surface area contributed by atoms with Gasteiger partial charge in [0, 0.05) is 0 Å². The molecule has 0 aliphatic heterocycles. The molecule has 0 unspecified atom stereocenters.